The lowest BCUT2D eigenvalue weighted by Crippen LogP contribution is -2.54. The number of likely N-dealkylation sites (tertiary alicyclic amines) is 1. The van der Waals surface area contributed by atoms with Gasteiger partial charge in [-0.25, -0.2) is 0 Å². The fraction of sp³-hybridized carbons (Fsp3) is 0.370. The van der Waals surface area contributed by atoms with Crippen LogP contribution in [0.3, 0.4) is 0 Å². The molecule has 1 fully saturated rings. The van der Waals surface area contributed by atoms with Crippen LogP contribution in [-0.2, 0) is 11.2 Å². The second kappa shape index (κ2) is 9.61. The first-order chi connectivity index (χ1) is 15.9. The Morgan fingerprint density at radius 3 is 2.55 bits per heavy atom. The highest BCUT2D eigenvalue weighted by molar-refractivity contribution is 5.93. The summed E-state index contributed by atoms with van der Waals surface area (Å²) in [7, 11) is 1.68. The molecule has 6 heteroatoms. The van der Waals surface area contributed by atoms with Crippen LogP contribution in [0.4, 0.5) is 0 Å². The van der Waals surface area contributed by atoms with Crippen LogP contribution in [0.5, 0.6) is 0 Å². The number of rotatable bonds is 6. The van der Waals surface area contributed by atoms with E-state index in [0.717, 1.165) is 35.2 Å². The number of aromatic nitrogens is 2. The first-order valence-corrected chi connectivity index (χ1v) is 11.6. The summed E-state index contributed by atoms with van der Waals surface area (Å²) in [6.45, 7) is 5.12. The summed E-state index contributed by atoms with van der Waals surface area (Å²) >= 11 is 0. The number of nitrogens with zero attached hydrogens (tertiary/aromatic N) is 2. The maximum absolute atomic E-state index is 13.3. The average molecular weight is 445 g/mol. The van der Waals surface area contributed by atoms with Gasteiger partial charge in [0.05, 0.1) is 5.41 Å². The molecule has 1 saturated heterocycles. The van der Waals surface area contributed by atoms with Gasteiger partial charge in [0, 0.05) is 25.8 Å². The van der Waals surface area contributed by atoms with Crippen LogP contribution in [0.2, 0.25) is 0 Å². The Morgan fingerprint density at radius 1 is 1.12 bits per heavy atom. The Kier molecular flexibility index (Phi) is 6.63. The van der Waals surface area contributed by atoms with Crippen molar-refractivity contribution in [1.82, 2.24) is 20.4 Å². The van der Waals surface area contributed by atoms with Gasteiger partial charge in [-0.15, -0.1) is 0 Å². The number of hydrogen-bond donors (Lipinski definition) is 2. The fourth-order valence-corrected chi connectivity index (χ4v) is 4.82. The SMILES string of the molecule is CNC(=O)[C@]1(Cc2ccccc2-c2ccccc2)CCCN(C(=O)c2cc(C(C)C)[nH]n2)C1. The van der Waals surface area contributed by atoms with Gasteiger partial charge in [-0.1, -0.05) is 68.4 Å². The molecule has 2 N–H and O–H groups in total. The number of H-pyrrole nitrogens is 1. The number of carbonyl (C=O) groups excluding carboxylic acids is 2. The molecule has 2 aromatic carbocycles. The molecular formula is C27H32N4O2. The number of hydrogen-bond acceptors (Lipinski definition) is 3. The second-order valence-corrected chi connectivity index (χ2v) is 9.25. The van der Waals surface area contributed by atoms with Crippen LogP contribution < -0.4 is 5.32 Å². The molecule has 6 nitrogen and oxygen atoms in total. The highest BCUT2D eigenvalue weighted by atomic mass is 16.2. The smallest absolute Gasteiger partial charge is 0.274 e. The van der Waals surface area contributed by atoms with Crippen LogP contribution in [-0.4, -0.2) is 47.0 Å². The van der Waals surface area contributed by atoms with Crippen molar-refractivity contribution in [2.45, 2.75) is 39.0 Å². The quantitative estimate of drug-likeness (QED) is 0.591. The summed E-state index contributed by atoms with van der Waals surface area (Å²) in [4.78, 5) is 28.4. The van der Waals surface area contributed by atoms with Crippen molar-refractivity contribution in [3.63, 3.8) is 0 Å². The van der Waals surface area contributed by atoms with E-state index in [1.807, 2.05) is 36.4 Å². The lowest BCUT2D eigenvalue weighted by molar-refractivity contribution is -0.133. The maximum Gasteiger partial charge on any atom is 0.274 e. The molecular weight excluding hydrogens is 412 g/mol. The first kappa shape index (κ1) is 22.8. The third-order valence-corrected chi connectivity index (χ3v) is 6.64. The van der Waals surface area contributed by atoms with Crippen molar-refractivity contribution in [1.29, 1.82) is 0 Å². The van der Waals surface area contributed by atoms with Crippen molar-refractivity contribution in [3.05, 3.63) is 77.6 Å². The van der Waals surface area contributed by atoms with Gasteiger partial charge in [0.15, 0.2) is 0 Å². The minimum atomic E-state index is -0.690. The Morgan fingerprint density at radius 2 is 1.85 bits per heavy atom. The van der Waals surface area contributed by atoms with E-state index in [9.17, 15) is 9.59 Å². The van der Waals surface area contributed by atoms with Crippen LogP contribution in [0.25, 0.3) is 11.1 Å². The topological polar surface area (TPSA) is 78.1 Å². The summed E-state index contributed by atoms with van der Waals surface area (Å²) < 4.78 is 0. The molecule has 3 aromatic rings. The molecule has 1 atom stereocenters. The molecule has 0 spiro atoms. The number of nitrogens with one attached hydrogen (secondary N) is 2. The van der Waals surface area contributed by atoms with Gasteiger partial charge < -0.3 is 10.2 Å². The van der Waals surface area contributed by atoms with Crippen molar-refractivity contribution in [2.24, 2.45) is 5.41 Å². The molecule has 2 amide bonds. The number of benzene rings is 2. The van der Waals surface area contributed by atoms with Crippen molar-refractivity contribution < 1.29 is 9.59 Å². The van der Waals surface area contributed by atoms with Gasteiger partial charge in [0.25, 0.3) is 5.91 Å². The van der Waals surface area contributed by atoms with Gasteiger partial charge in [-0.2, -0.15) is 5.10 Å². The van der Waals surface area contributed by atoms with Gasteiger partial charge in [0.1, 0.15) is 5.69 Å². The van der Waals surface area contributed by atoms with E-state index in [2.05, 4.69) is 53.6 Å². The molecule has 0 aliphatic carbocycles. The highest BCUT2D eigenvalue weighted by Gasteiger charge is 2.43. The lowest BCUT2D eigenvalue weighted by atomic mass is 9.73. The minimum absolute atomic E-state index is 0.0206. The normalized spacial score (nSPS) is 18.4. The van der Waals surface area contributed by atoms with E-state index in [-0.39, 0.29) is 17.7 Å². The first-order valence-electron chi connectivity index (χ1n) is 11.6. The van der Waals surface area contributed by atoms with Gasteiger partial charge >= 0.3 is 0 Å². The zero-order valence-corrected chi connectivity index (χ0v) is 19.6. The Bertz CT molecular complexity index is 1120. The lowest BCUT2D eigenvalue weighted by Gasteiger charge is -2.41. The summed E-state index contributed by atoms with van der Waals surface area (Å²) in [5.74, 6) is 0.120. The number of aromatic amines is 1. The molecule has 172 valence electrons. The van der Waals surface area contributed by atoms with Gasteiger partial charge in [-0.05, 0) is 47.9 Å². The summed E-state index contributed by atoms with van der Waals surface area (Å²) in [6.07, 6.45) is 2.07. The van der Waals surface area contributed by atoms with E-state index >= 15 is 0 Å². The summed E-state index contributed by atoms with van der Waals surface area (Å²) in [5, 5.41) is 10.1. The molecule has 1 aliphatic heterocycles. The Labute approximate surface area is 195 Å². The van der Waals surface area contributed by atoms with E-state index in [1.165, 1.54) is 0 Å². The number of piperidine rings is 1. The van der Waals surface area contributed by atoms with E-state index < -0.39 is 5.41 Å². The van der Waals surface area contributed by atoms with E-state index in [0.29, 0.717) is 25.2 Å². The maximum atomic E-state index is 13.3. The van der Waals surface area contributed by atoms with Crippen LogP contribution in [0.15, 0.2) is 60.7 Å². The van der Waals surface area contributed by atoms with Crippen LogP contribution >= 0.6 is 0 Å². The molecule has 1 aliphatic rings. The predicted molar refractivity (Wildman–Crippen MR) is 130 cm³/mol. The minimum Gasteiger partial charge on any atom is -0.359 e. The predicted octanol–water partition coefficient (Wildman–Crippen LogP) is 4.41. The van der Waals surface area contributed by atoms with Crippen molar-refractivity contribution in [2.75, 3.05) is 20.1 Å². The van der Waals surface area contributed by atoms with Gasteiger partial charge in [-0.3, -0.25) is 14.7 Å². The average Bonchev–Trinajstić information content (AvgIpc) is 3.35. The molecule has 2 heterocycles. The molecule has 0 saturated carbocycles. The Hall–Kier alpha value is -3.41. The monoisotopic (exact) mass is 444 g/mol. The van der Waals surface area contributed by atoms with Gasteiger partial charge in [0.2, 0.25) is 5.91 Å². The third-order valence-electron chi connectivity index (χ3n) is 6.64. The zero-order chi connectivity index (χ0) is 23.4. The molecule has 4 rings (SSSR count). The highest BCUT2D eigenvalue weighted by Crippen LogP contribution is 2.37. The molecule has 0 radical (unpaired) electrons. The molecule has 0 unspecified atom stereocenters. The standard InChI is InChI=1S/C27H32N4O2/c1-19(2)23-16-24(30-29-23)25(32)31-15-9-14-27(18-31,26(33)28-3)17-21-12-7-8-13-22(21)20-10-5-4-6-11-20/h4-8,10-13,16,19H,9,14-15,17-18H2,1-3H3,(H,28,33)(H,29,30)/t27-/m0/s1. The second-order valence-electron chi connectivity index (χ2n) is 9.25. The molecule has 0 bridgehead atoms. The zero-order valence-electron chi connectivity index (χ0n) is 19.6. The molecule has 33 heavy (non-hydrogen) atoms. The van der Waals surface area contributed by atoms with Crippen molar-refractivity contribution in [3.8, 4) is 11.1 Å². The van der Waals surface area contributed by atoms with E-state index in [4.69, 9.17) is 0 Å². The summed E-state index contributed by atoms with van der Waals surface area (Å²) in [6, 6.07) is 20.3. The fourth-order valence-electron chi connectivity index (χ4n) is 4.82. The van der Waals surface area contributed by atoms with Crippen LogP contribution in [0, 0.1) is 5.41 Å². The number of carbonyl (C=O) groups is 2. The van der Waals surface area contributed by atoms with Crippen LogP contribution in [0.1, 0.15) is 54.4 Å². The van der Waals surface area contributed by atoms with E-state index in [1.54, 1.807) is 11.9 Å². The third kappa shape index (κ3) is 4.70. The largest absolute Gasteiger partial charge is 0.359 e. The Balaban J connectivity index is 1.64. The molecule has 1 aromatic heterocycles. The van der Waals surface area contributed by atoms with Crippen molar-refractivity contribution >= 4 is 11.8 Å². The number of amides is 2. The summed E-state index contributed by atoms with van der Waals surface area (Å²) in [5.41, 5.74) is 4.02.